The van der Waals surface area contributed by atoms with Crippen LogP contribution < -0.4 is 20.1 Å². The van der Waals surface area contributed by atoms with Crippen LogP contribution in [0.2, 0.25) is 5.15 Å². The number of benzene rings is 2. The molecule has 0 saturated heterocycles. The van der Waals surface area contributed by atoms with Gasteiger partial charge in [0.15, 0.2) is 16.1 Å². The van der Waals surface area contributed by atoms with Gasteiger partial charge in [-0.25, -0.2) is 8.42 Å². The first-order valence-electron chi connectivity index (χ1n) is 8.79. The lowest BCUT2D eigenvalue weighted by atomic mass is 10.3. The number of halogens is 1. The Kier molecular flexibility index (Phi) is 7.03. The number of nitrogens with zero attached hydrogens (tertiary/aromatic N) is 2. The molecule has 0 radical (unpaired) electrons. The summed E-state index contributed by atoms with van der Waals surface area (Å²) in [4.78, 5) is 0.0605. The highest BCUT2D eigenvalue weighted by Crippen LogP contribution is 2.24. The van der Waals surface area contributed by atoms with Gasteiger partial charge in [0.05, 0.1) is 17.2 Å². The number of anilines is 3. The van der Waals surface area contributed by atoms with Crippen LogP contribution >= 0.6 is 23.8 Å². The fraction of sp³-hybridized carbons (Fsp3) is 0.105. The zero-order valence-electron chi connectivity index (χ0n) is 15.8. The van der Waals surface area contributed by atoms with Crippen molar-refractivity contribution in [2.24, 2.45) is 0 Å². The van der Waals surface area contributed by atoms with E-state index < -0.39 is 10.0 Å². The second-order valence-electron chi connectivity index (χ2n) is 5.88. The molecule has 0 saturated carbocycles. The number of nitrogens with one attached hydrogen (secondary N) is 3. The molecule has 0 amide bonds. The first-order chi connectivity index (χ1) is 14.4. The molecule has 0 bridgehead atoms. The standard InChI is InChI=1S/C19H18ClN5O3S2/c1-2-28-16-6-4-3-5-15(16)22-19(29)21-13-7-9-14(10-8-13)30(26,27)25-18-12-11-17(20)23-24-18/h3-12H,2H2,1H3,(H,24,25)(H2,21,22,29). The monoisotopic (exact) mass is 463 g/mol. The maximum atomic E-state index is 12.5. The fourth-order valence-electron chi connectivity index (χ4n) is 2.42. The van der Waals surface area contributed by atoms with Gasteiger partial charge in [-0.05, 0) is 67.7 Å². The van der Waals surface area contributed by atoms with Gasteiger partial charge in [0.1, 0.15) is 5.75 Å². The molecule has 0 spiro atoms. The predicted molar refractivity (Wildman–Crippen MR) is 122 cm³/mol. The maximum Gasteiger partial charge on any atom is 0.263 e. The molecule has 3 N–H and O–H groups in total. The Morgan fingerprint density at radius 2 is 1.77 bits per heavy atom. The molecule has 3 rings (SSSR count). The van der Waals surface area contributed by atoms with Crippen molar-refractivity contribution in [3.05, 3.63) is 65.8 Å². The molecule has 1 aromatic heterocycles. The quantitative estimate of drug-likeness (QED) is 0.449. The first kappa shape index (κ1) is 21.8. The van der Waals surface area contributed by atoms with E-state index in [2.05, 4.69) is 25.6 Å². The van der Waals surface area contributed by atoms with Crippen LogP contribution in [-0.2, 0) is 10.0 Å². The molecular formula is C19H18ClN5O3S2. The highest BCUT2D eigenvalue weighted by atomic mass is 35.5. The normalized spacial score (nSPS) is 10.9. The molecule has 3 aromatic rings. The van der Waals surface area contributed by atoms with Gasteiger partial charge in [-0.15, -0.1) is 10.2 Å². The minimum atomic E-state index is -3.82. The van der Waals surface area contributed by atoms with Gasteiger partial charge in [-0.1, -0.05) is 23.7 Å². The van der Waals surface area contributed by atoms with E-state index in [1.165, 1.54) is 24.3 Å². The largest absolute Gasteiger partial charge is 0.492 e. The third kappa shape index (κ3) is 5.78. The summed E-state index contributed by atoms with van der Waals surface area (Å²) in [5, 5.41) is 13.9. The van der Waals surface area contributed by atoms with Crippen LogP contribution in [0.1, 0.15) is 6.92 Å². The van der Waals surface area contributed by atoms with Crippen LogP contribution in [0.4, 0.5) is 17.2 Å². The number of hydrogen-bond donors (Lipinski definition) is 3. The Balaban J connectivity index is 1.65. The zero-order chi connectivity index (χ0) is 21.6. The topological polar surface area (TPSA) is 105 Å². The van der Waals surface area contributed by atoms with Crippen LogP contribution in [0, 0.1) is 0 Å². The summed E-state index contributed by atoms with van der Waals surface area (Å²) in [6, 6.07) is 16.4. The number of ether oxygens (including phenoxy) is 1. The molecule has 156 valence electrons. The van der Waals surface area contributed by atoms with Crippen molar-refractivity contribution in [3.8, 4) is 5.75 Å². The average Bonchev–Trinajstić information content (AvgIpc) is 2.72. The fourth-order valence-corrected chi connectivity index (χ4v) is 3.75. The third-order valence-corrected chi connectivity index (χ3v) is 5.50. The molecule has 30 heavy (non-hydrogen) atoms. The van der Waals surface area contributed by atoms with E-state index in [0.717, 1.165) is 5.69 Å². The Bertz CT molecular complexity index is 1120. The van der Waals surface area contributed by atoms with E-state index in [9.17, 15) is 8.42 Å². The lowest BCUT2D eigenvalue weighted by Crippen LogP contribution is -2.20. The van der Waals surface area contributed by atoms with E-state index in [1.54, 1.807) is 12.1 Å². The van der Waals surface area contributed by atoms with E-state index >= 15 is 0 Å². The Morgan fingerprint density at radius 3 is 2.43 bits per heavy atom. The Morgan fingerprint density at radius 1 is 1.03 bits per heavy atom. The minimum absolute atomic E-state index is 0.0605. The van der Waals surface area contributed by atoms with Gasteiger partial charge in [-0.3, -0.25) is 4.72 Å². The molecule has 0 aliphatic heterocycles. The number of aromatic nitrogens is 2. The van der Waals surface area contributed by atoms with Gasteiger partial charge in [0.25, 0.3) is 10.0 Å². The Hall–Kier alpha value is -2.95. The van der Waals surface area contributed by atoms with Crippen LogP contribution in [0.25, 0.3) is 0 Å². The van der Waals surface area contributed by atoms with Crippen LogP contribution in [-0.4, -0.2) is 30.3 Å². The van der Waals surface area contributed by atoms with Gasteiger partial charge in [0, 0.05) is 5.69 Å². The number of thiocarbonyl (C=S) groups is 1. The minimum Gasteiger partial charge on any atom is -0.492 e. The van der Waals surface area contributed by atoms with Gasteiger partial charge >= 0.3 is 0 Å². The van der Waals surface area contributed by atoms with Crippen molar-refractivity contribution >= 4 is 56.1 Å². The number of sulfonamides is 1. The van der Waals surface area contributed by atoms with Gasteiger partial charge in [-0.2, -0.15) is 0 Å². The molecule has 0 aliphatic rings. The summed E-state index contributed by atoms with van der Waals surface area (Å²) in [6.07, 6.45) is 0. The summed E-state index contributed by atoms with van der Waals surface area (Å²) < 4.78 is 32.8. The average molecular weight is 464 g/mol. The summed E-state index contributed by atoms with van der Waals surface area (Å²) in [5.74, 6) is 0.752. The predicted octanol–water partition coefficient (Wildman–Crippen LogP) is 4.14. The van der Waals surface area contributed by atoms with E-state index in [0.29, 0.717) is 23.2 Å². The van der Waals surface area contributed by atoms with Crippen LogP contribution in [0.3, 0.4) is 0 Å². The highest BCUT2D eigenvalue weighted by Gasteiger charge is 2.15. The SMILES string of the molecule is CCOc1ccccc1NC(=S)Nc1ccc(S(=O)(=O)Nc2ccc(Cl)nn2)cc1. The molecule has 8 nitrogen and oxygen atoms in total. The van der Waals surface area contributed by atoms with Crippen molar-refractivity contribution in [3.63, 3.8) is 0 Å². The highest BCUT2D eigenvalue weighted by molar-refractivity contribution is 7.92. The van der Waals surface area contributed by atoms with Crippen LogP contribution in [0.5, 0.6) is 5.75 Å². The molecule has 2 aromatic carbocycles. The molecule has 0 aliphatic carbocycles. The molecule has 0 fully saturated rings. The summed E-state index contributed by atoms with van der Waals surface area (Å²) in [5.41, 5.74) is 1.34. The van der Waals surface area contributed by atoms with Crippen molar-refractivity contribution in [2.45, 2.75) is 11.8 Å². The zero-order valence-corrected chi connectivity index (χ0v) is 18.2. The van der Waals surface area contributed by atoms with E-state index in [-0.39, 0.29) is 15.9 Å². The summed E-state index contributed by atoms with van der Waals surface area (Å²) in [6.45, 7) is 2.43. The van der Waals surface area contributed by atoms with Crippen molar-refractivity contribution in [1.29, 1.82) is 0 Å². The second kappa shape index (κ2) is 9.70. The number of para-hydroxylation sites is 2. The number of rotatable bonds is 7. The van der Waals surface area contributed by atoms with Gasteiger partial charge < -0.3 is 15.4 Å². The van der Waals surface area contributed by atoms with Crippen molar-refractivity contribution < 1.29 is 13.2 Å². The second-order valence-corrected chi connectivity index (χ2v) is 8.36. The molecule has 1 heterocycles. The smallest absolute Gasteiger partial charge is 0.263 e. The lowest BCUT2D eigenvalue weighted by Gasteiger charge is -2.14. The first-order valence-corrected chi connectivity index (χ1v) is 11.1. The molecule has 0 unspecified atom stereocenters. The van der Waals surface area contributed by atoms with Crippen molar-refractivity contribution in [2.75, 3.05) is 22.0 Å². The number of hydrogen-bond acceptors (Lipinski definition) is 6. The Labute approximate surface area is 184 Å². The molecule has 0 atom stereocenters. The van der Waals surface area contributed by atoms with E-state index in [4.69, 9.17) is 28.6 Å². The van der Waals surface area contributed by atoms with E-state index in [1.807, 2.05) is 31.2 Å². The molecule has 11 heteroatoms. The maximum absolute atomic E-state index is 12.5. The van der Waals surface area contributed by atoms with Crippen LogP contribution in [0.15, 0.2) is 65.6 Å². The lowest BCUT2D eigenvalue weighted by molar-refractivity contribution is 0.342. The van der Waals surface area contributed by atoms with Gasteiger partial charge in [0.2, 0.25) is 0 Å². The summed E-state index contributed by atoms with van der Waals surface area (Å²) >= 11 is 11.0. The third-order valence-electron chi connectivity index (χ3n) is 3.73. The molecular weight excluding hydrogens is 446 g/mol. The van der Waals surface area contributed by atoms with Crippen molar-refractivity contribution in [1.82, 2.24) is 10.2 Å². The summed E-state index contributed by atoms with van der Waals surface area (Å²) in [7, 11) is -3.82.